The SMILES string of the molecule is CS(=O)(=O)c1c([C@H]2C[C@H]3CC[C@@H](C2)N3C(=O)c2ncccc2O)nc2c(-c3ccc(-c4ccccc4)nc3)cnn2c1N. The van der Waals surface area contributed by atoms with E-state index in [0.717, 1.165) is 35.9 Å². The van der Waals surface area contributed by atoms with Crippen LogP contribution in [0, 0.1) is 0 Å². The largest absolute Gasteiger partial charge is 0.505 e. The summed E-state index contributed by atoms with van der Waals surface area (Å²) in [4.78, 5) is 28.9. The lowest BCUT2D eigenvalue weighted by atomic mass is 9.87. The molecule has 0 unspecified atom stereocenters. The number of carbonyl (C=O) groups is 1. The number of nitrogens with zero attached hydrogens (tertiary/aromatic N) is 6. The number of carbonyl (C=O) groups excluding carboxylic acids is 1. The second kappa shape index (κ2) is 10.2. The van der Waals surface area contributed by atoms with Crippen LogP contribution in [0.25, 0.3) is 28.0 Å². The summed E-state index contributed by atoms with van der Waals surface area (Å²) in [6.45, 7) is 0. The van der Waals surface area contributed by atoms with Crippen LogP contribution in [-0.4, -0.2) is 67.2 Å². The number of nitrogens with two attached hydrogens (primary N) is 1. The summed E-state index contributed by atoms with van der Waals surface area (Å²) in [5, 5.41) is 14.7. The van der Waals surface area contributed by atoms with E-state index in [9.17, 15) is 18.3 Å². The molecule has 1 amide bonds. The number of hydrogen-bond donors (Lipinski definition) is 2. The van der Waals surface area contributed by atoms with Crippen LogP contribution in [0.3, 0.4) is 0 Å². The van der Waals surface area contributed by atoms with E-state index in [1.807, 2.05) is 42.5 Å². The lowest BCUT2D eigenvalue weighted by molar-refractivity contribution is 0.0559. The molecule has 2 aliphatic rings. The summed E-state index contributed by atoms with van der Waals surface area (Å²) in [5.74, 6) is -0.725. The number of anilines is 1. The third-order valence-corrected chi connectivity index (χ3v) is 9.68. The number of aromatic nitrogens is 5. The number of amides is 1. The molecule has 1 aromatic carbocycles. The standard InChI is InChI=1S/C31H29N7O4S/c1-43(41,42)28-26(20-14-21-10-11-22(15-20)37(21)31(40)27-25(39)8-5-13-33-27)36-30-23(17-35-38(30)29(28)32)19-9-12-24(34-16-19)18-6-3-2-4-7-18/h2-9,12-13,16-17,20-22,39H,10-11,14-15,32H2,1H3/t20-,21+,22-. The van der Waals surface area contributed by atoms with E-state index in [0.29, 0.717) is 29.7 Å². The molecule has 2 bridgehead atoms. The Morgan fingerprint density at radius 2 is 1.70 bits per heavy atom. The molecule has 12 heteroatoms. The molecule has 2 aliphatic heterocycles. The Bertz CT molecular complexity index is 1960. The molecule has 43 heavy (non-hydrogen) atoms. The van der Waals surface area contributed by atoms with Crippen molar-refractivity contribution in [3.63, 3.8) is 0 Å². The fourth-order valence-electron chi connectivity index (χ4n) is 6.63. The number of piperidine rings is 1. The predicted octanol–water partition coefficient (Wildman–Crippen LogP) is 4.10. The van der Waals surface area contributed by atoms with Crippen molar-refractivity contribution in [3.8, 4) is 28.1 Å². The van der Waals surface area contributed by atoms with Gasteiger partial charge < -0.3 is 15.7 Å². The van der Waals surface area contributed by atoms with Crippen molar-refractivity contribution in [2.45, 2.75) is 48.6 Å². The van der Waals surface area contributed by atoms with Crippen molar-refractivity contribution >= 4 is 27.2 Å². The van der Waals surface area contributed by atoms with E-state index in [1.165, 1.54) is 16.8 Å². The van der Waals surface area contributed by atoms with Crippen molar-refractivity contribution in [3.05, 3.63) is 84.6 Å². The van der Waals surface area contributed by atoms with Gasteiger partial charge in [0.2, 0.25) is 0 Å². The molecule has 4 aromatic heterocycles. The van der Waals surface area contributed by atoms with E-state index < -0.39 is 9.84 Å². The van der Waals surface area contributed by atoms with Crippen LogP contribution in [0.15, 0.2) is 78.1 Å². The van der Waals surface area contributed by atoms with Gasteiger partial charge in [-0.2, -0.15) is 9.61 Å². The minimum absolute atomic E-state index is 0.00637. The van der Waals surface area contributed by atoms with Crippen LogP contribution < -0.4 is 5.73 Å². The van der Waals surface area contributed by atoms with Crippen LogP contribution in [0.5, 0.6) is 5.75 Å². The van der Waals surface area contributed by atoms with Gasteiger partial charge in [0.15, 0.2) is 21.2 Å². The summed E-state index contributed by atoms with van der Waals surface area (Å²) < 4.78 is 27.6. The van der Waals surface area contributed by atoms with Crippen LogP contribution in [0.2, 0.25) is 0 Å². The number of benzene rings is 1. The zero-order valence-corrected chi connectivity index (χ0v) is 24.1. The average Bonchev–Trinajstić information content (AvgIpc) is 3.55. The first-order chi connectivity index (χ1) is 20.7. The molecular weight excluding hydrogens is 566 g/mol. The van der Waals surface area contributed by atoms with Crippen molar-refractivity contribution in [2.24, 2.45) is 0 Å². The van der Waals surface area contributed by atoms with Gasteiger partial charge in [-0.1, -0.05) is 36.4 Å². The summed E-state index contributed by atoms with van der Waals surface area (Å²) >= 11 is 0. The highest BCUT2D eigenvalue weighted by molar-refractivity contribution is 7.91. The Balaban J connectivity index is 1.27. The Kier molecular flexibility index (Phi) is 6.38. The minimum Gasteiger partial charge on any atom is -0.505 e. The van der Waals surface area contributed by atoms with Gasteiger partial charge in [-0.3, -0.25) is 9.78 Å². The quantitative estimate of drug-likeness (QED) is 0.305. The number of rotatable bonds is 5. The number of nitrogen functional groups attached to an aromatic ring is 1. The molecule has 3 N–H and O–H groups in total. The topological polar surface area (TPSA) is 157 Å². The highest BCUT2D eigenvalue weighted by Crippen LogP contribution is 2.46. The van der Waals surface area contributed by atoms with Crippen molar-refractivity contribution < 1.29 is 18.3 Å². The van der Waals surface area contributed by atoms with Crippen LogP contribution in [0.1, 0.15) is 47.8 Å². The average molecular weight is 596 g/mol. The third-order valence-electron chi connectivity index (χ3n) is 8.52. The van der Waals surface area contributed by atoms with Crippen LogP contribution in [0.4, 0.5) is 5.82 Å². The Morgan fingerprint density at radius 1 is 0.953 bits per heavy atom. The lowest BCUT2D eigenvalue weighted by Gasteiger charge is -2.39. The van der Waals surface area contributed by atoms with Crippen molar-refractivity contribution in [1.82, 2.24) is 29.5 Å². The van der Waals surface area contributed by atoms with E-state index in [1.54, 1.807) is 23.4 Å². The number of pyridine rings is 2. The highest BCUT2D eigenvalue weighted by atomic mass is 32.2. The van der Waals surface area contributed by atoms with Crippen molar-refractivity contribution in [1.29, 1.82) is 0 Å². The molecule has 7 rings (SSSR count). The molecule has 3 atom stereocenters. The minimum atomic E-state index is -3.77. The second-order valence-corrected chi connectivity index (χ2v) is 13.2. The van der Waals surface area contributed by atoms with E-state index >= 15 is 0 Å². The molecule has 6 heterocycles. The van der Waals surface area contributed by atoms with E-state index in [4.69, 9.17) is 10.7 Å². The molecule has 11 nitrogen and oxygen atoms in total. The van der Waals surface area contributed by atoms with Gasteiger partial charge in [-0.25, -0.2) is 18.4 Å². The van der Waals surface area contributed by atoms with Crippen LogP contribution in [-0.2, 0) is 9.84 Å². The Labute approximate surface area is 248 Å². The van der Waals surface area contributed by atoms with Gasteiger partial charge in [0.05, 0.1) is 17.6 Å². The van der Waals surface area contributed by atoms with Gasteiger partial charge in [0, 0.05) is 53.3 Å². The lowest BCUT2D eigenvalue weighted by Crippen LogP contribution is -2.46. The normalized spacial score (nSPS) is 20.0. The van der Waals surface area contributed by atoms with Gasteiger partial charge in [0.1, 0.15) is 16.5 Å². The number of aromatic hydroxyl groups is 1. The zero-order chi connectivity index (χ0) is 29.9. The fourth-order valence-corrected chi connectivity index (χ4v) is 7.69. The van der Waals surface area contributed by atoms with Gasteiger partial charge >= 0.3 is 0 Å². The zero-order valence-electron chi connectivity index (χ0n) is 23.3. The first kappa shape index (κ1) is 27.0. The third kappa shape index (κ3) is 4.58. The number of sulfone groups is 1. The maximum Gasteiger partial charge on any atom is 0.276 e. The maximum atomic E-state index is 13.4. The smallest absolute Gasteiger partial charge is 0.276 e. The molecular formula is C31H29N7O4S. The molecule has 2 saturated heterocycles. The number of hydrogen-bond acceptors (Lipinski definition) is 9. The summed E-state index contributed by atoms with van der Waals surface area (Å²) in [6, 6.07) is 16.4. The second-order valence-electron chi connectivity index (χ2n) is 11.2. The molecule has 2 fully saturated rings. The van der Waals surface area contributed by atoms with Gasteiger partial charge in [-0.15, -0.1) is 0 Å². The summed E-state index contributed by atoms with van der Waals surface area (Å²) in [7, 11) is -3.77. The molecule has 5 aromatic rings. The molecule has 218 valence electrons. The maximum absolute atomic E-state index is 13.4. The van der Waals surface area contributed by atoms with Gasteiger partial charge in [-0.05, 0) is 43.9 Å². The van der Waals surface area contributed by atoms with E-state index in [2.05, 4.69) is 15.1 Å². The van der Waals surface area contributed by atoms with Crippen LogP contribution >= 0.6 is 0 Å². The Hall–Kier alpha value is -4.84. The van der Waals surface area contributed by atoms with Gasteiger partial charge in [0.25, 0.3) is 5.91 Å². The summed E-state index contributed by atoms with van der Waals surface area (Å²) in [6.07, 6.45) is 8.54. The Morgan fingerprint density at radius 3 is 2.35 bits per heavy atom. The molecule has 0 saturated carbocycles. The van der Waals surface area contributed by atoms with Crippen molar-refractivity contribution in [2.75, 3.05) is 12.0 Å². The number of fused-ring (bicyclic) bond motifs is 3. The monoisotopic (exact) mass is 595 g/mol. The first-order valence-electron chi connectivity index (χ1n) is 14.1. The predicted molar refractivity (Wildman–Crippen MR) is 160 cm³/mol. The summed E-state index contributed by atoms with van der Waals surface area (Å²) in [5.41, 5.74) is 10.7. The fraction of sp³-hybridized carbons (Fsp3) is 0.258. The first-order valence-corrected chi connectivity index (χ1v) is 16.0. The molecule has 0 spiro atoms. The van der Waals surface area contributed by atoms with E-state index in [-0.39, 0.29) is 46.1 Å². The molecule has 0 aliphatic carbocycles. The highest BCUT2D eigenvalue weighted by Gasteiger charge is 2.46. The molecule has 0 radical (unpaired) electrons.